The van der Waals surface area contributed by atoms with E-state index < -0.39 is 36.0 Å². The normalized spacial score (nSPS) is 23.8. The smallest absolute Gasteiger partial charge is 0.271 e. The summed E-state index contributed by atoms with van der Waals surface area (Å²) in [5.41, 5.74) is 1.15. The third kappa shape index (κ3) is 3.06. The summed E-state index contributed by atoms with van der Waals surface area (Å²) >= 11 is 0. The van der Waals surface area contributed by atoms with Crippen LogP contribution in [0, 0.1) is 5.92 Å². The maximum absolute atomic E-state index is 13.2. The van der Waals surface area contributed by atoms with Gasteiger partial charge in [0.15, 0.2) is 0 Å². The van der Waals surface area contributed by atoms with Crippen molar-refractivity contribution in [1.82, 2.24) is 10.4 Å². The van der Waals surface area contributed by atoms with Gasteiger partial charge in [-0.05, 0) is 18.4 Å². The molecular weight excluding hydrogens is 281 g/mol. The lowest BCUT2D eigenvalue weighted by atomic mass is 9.90. The standard InChI is InChI=1S/C12H14F5N3/c13-11(14)3-1-7(5-11)10(20-18)8-6-19-4-2-9(8)12(15,16)17/h2,4,6-7,10,20H,1,3,5,18H2. The van der Waals surface area contributed by atoms with E-state index in [4.69, 9.17) is 5.84 Å². The zero-order chi connectivity index (χ0) is 15.0. The van der Waals surface area contributed by atoms with Crippen molar-refractivity contribution in [1.29, 1.82) is 0 Å². The molecule has 8 heteroatoms. The lowest BCUT2D eigenvalue weighted by Gasteiger charge is -2.25. The number of hydrogen-bond donors (Lipinski definition) is 2. The fraction of sp³-hybridized carbons (Fsp3) is 0.583. The Morgan fingerprint density at radius 1 is 1.40 bits per heavy atom. The van der Waals surface area contributed by atoms with E-state index in [0.717, 1.165) is 18.5 Å². The van der Waals surface area contributed by atoms with Gasteiger partial charge in [-0.15, -0.1) is 0 Å². The van der Waals surface area contributed by atoms with Gasteiger partial charge >= 0.3 is 6.18 Å². The van der Waals surface area contributed by atoms with Crippen molar-refractivity contribution in [2.75, 3.05) is 0 Å². The number of rotatable bonds is 3. The van der Waals surface area contributed by atoms with Crippen molar-refractivity contribution < 1.29 is 22.0 Å². The molecule has 3 nitrogen and oxygen atoms in total. The second-order valence-corrected chi connectivity index (χ2v) is 4.96. The van der Waals surface area contributed by atoms with Crippen LogP contribution in [0.3, 0.4) is 0 Å². The summed E-state index contributed by atoms with van der Waals surface area (Å²) in [7, 11) is 0. The summed E-state index contributed by atoms with van der Waals surface area (Å²) < 4.78 is 65.3. The van der Waals surface area contributed by atoms with E-state index in [0.29, 0.717) is 0 Å². The van der Waals surface area contributed by atoms with Crippen LogP contribution in [0.15, 0.2) is 18.5 Å². The maximum atomic E-state index is 13.2. The van der Waals surface area contributed by atoms with E-state index in [2.05, 4.69) is 10.4 Å². The molecule has 1 aliphatic rings. The Balaban J connectivity index is 2.34. The highest BCUT2D eigenvalue weighted by atomic mass is 19.4. The molecule has 20 heavy (non-hydrogen) atoms. The number of nitrogens with two attached hydrogens (primary N) is 1. The molecule has 1 heterocycles. The van der Waals surface area contributed by atoms with Crippen LogP contribution in [0.5, 0.6) is 0 Å². The highest BCUT2D eigenvalue weighted by molar-refractivity contribution is 5.30. The summed E-state index contributed by atoms with van der Waals surface area (Å²) in [6, 6.07) is -0.166. The van der Waals surface area contributed by atoms with Crippen LogP contribution < -0.4 is 11.3 Å². The van der Waals surface area contributed by atoms with E-state index in [-0.39, 0.29) is 18.4 Å². The molecule has 1 aromatic heterocycles. The maximum Gasteiger partial charge on any atom is 0.416 e. The summed E-state index contributed by atoms with van der Waals surface area (Å²) in [6.07, 6.45) is -3.22. The fourth-order valence-electron chi connectivity index (χ4n) is 2.66. The Hall–Kier alpha value is -1.28. The second kappa shape index (κ2) is 5.25. The first kappa shape index (κ1) is 15.1. The van der Waals surface area contributed by atoms with Crippen LogP contribution in [0.1, 0.15) is 36.4 Å². The van der Waals surface area contributed by atoms with E-state index in [1.807, 2.05) is 0 Å². The molecule has 112 valence electrons. The molecule has 2 rings (SSSR count). The van der Waals surface area contributed by atoms with E-state index in [1.54, 1.807) is 0 Å². The number of hydrazine groups is 1. The molecule has 0 aliphatic heterocycles. The van der Waals surface area contributed by atoms with Gasteiger partial charge in [0.2, 0.25) is 5.92 Å². The van der Waals surface area contributed by atoms with Crippen molar-refractivity contribution in [2.45, 2.75) is 37.4 Å². The summed E-state index contributed by atoms with van der Waals surface area (Å²) in [5, 5.41) is 0. The van der Waals surface area contributed by atoms with Crippen molar-refractivity contribution in [2.24, 2.45) is 11.8 Å². The first-order chi connectivity index (χ1) is 9.24. The average Bonchev–Trinajstić information content (AvgIpc) is 2.70. The third-order valence-electron chi connectivity index (χ3n) is 3.59. The fourth-order valence-corrected chi connectivity index (χ4v) is 2.66. The van der Waals surface area contributed by atoms with Gasteiger partial charge in [-0.25, -0.2) is 8.78 Å². The minimum absolute atomic E-state index is 0.119. The third-order valence-corrected chi connectivity index (χ3v) is 3.59. The SMILES string of the molecule is NNC(c1cnccc1C(F)(F)F)C1CCC(F)(F)C1. The molecule has 1 aliphatic carbocycles. The summed E-state index contributed by atoms with van der Waals surface area (Å²) in [4.78, 5) is 3.65. The molecule has 1 fully saturated rings. The molecule has 2 unspecified atom stereocenters. The van der Waals surface area contributed by atoms with Crippen molar-refractivity contribution in [3.63, 3.8) is 0 Å². The largest absolute Gasteiger partial charge is 0.416 e. The number of alkyl halides is 5. The first-order valence-electron chi connectivity index (χ1n) is 6.09. The molecule has 3 N–H and O–H groups in total. The quantitative estimate of drug-likeness (QED) is 0.512. The molecule has 0 aromatic carbocycles. The van der Waals surface area contributed by atoms with Gasteiger partial charge in [-0.1, -0.05) is 0 Å². The Bertz CT molecular complexity index is 474. The van der Waals surface area contributed by atoms with Crippen LogP contribution in [-0.2, 0) is 6.18 Å². The summed E-state index contributed by atoms with van der Waals surface area (Å²) in [5.74, 6) is 1.80. The number of halogens is 5. The Morgan fingerprint density at radius 2 is 2.10 bits per heavy atom. The van der Waals surface area contributed by atoms with Crippen LogP contribution in [0.2, 0.25) is 0 Å². The molecule has 1 aromatic rings. The van der Waals surface area contributed by atoms with Gasteiger partial charge in [0.1, 0.15) is 0 Å². The van der Waals surface area contributed by atoms with Crippen LogP contribution in [0.4, 0.5) is 22.0 Å². The molecule has 0 radical (unpaired) electrons. The minimum atomic E-state index is -4.57. The molecular formula is C12H14F5N3. The van der Waals surface area contributed by atoms with Gasteiger partial charge in [-0.2, -0.15) is 13.2 Å². The Morgan fingerprint density at radius 3 is 2.60 bits per heavy atom. The molecule has 2 atom stereocenters. The number of nitrogens with zero attached hydrogens (tertiary/aromatic N) is 1. The Labute approximate surface area is 112 Å². The topological polar surface area (TPSA) is 50.9 Å². The number of aromatic nitrogens is 1. The van der Waals surface area contributed by atoms with Gasteiger partial charge < -0.3 is 0 Å². The van der Waals surface area contributed by atoms with Crippen LogP contribution in [-0.4, -0.2) is 10.9 Å². The lowest BCUT2D eigenvalue weighted by molar-refractivity contribution is -0.138. The van der Waals surface area contributed by atoms with Gasteiger partial charge in [0.25, 0.3) is 0 Å². The van der Waals surface area contributed by atoms with Crippen molar-refractivity contribution >= 4 is 0 Å². The van der Waals surface area contributed by atoms with Gasteiger partial charge in [0, 0.05) is 30.8 Å². The number of pyridine rings is 1. The highest BCUT2D eigenvalue weighted by Crippen LogP contribution is 2.46. The van der Waals surface area contributed by atoms with Crippen LogP contribution >= 0.6 is 0 Å². The van der Waals surface area contributed by atoms with Gasteiger partial charge in [-0.3, -0.25) is 16.3 Å². The average molecular weight is 295 g/mol. The molecule has 0 spiro atoms. The summed E-state index contributed by atoms with van der Waals surface area (Å²) in [6.45, 7) is 0. The number of hydrogen-bond acceptors (Lipinski definition) is 3. The van der Waals surface area contributed by atoms with E-state index in [9.17, 15) is 22.0 Å². The number of nitrogens with one attached hydrogen (secondary N) is 1. The zero-order valence-electron chi connectivity index (χ0n) is 10.4. The molecule has 1 saturated carbocycles. The predicted octanol–water partition coefficient (Wildman–Crippen LogP) is 3.04. The monoisotopic (exact) mass is 295 g/mol. The minimum Gasteiger partial charge on any atom is -0.271 e. The van der Waals surface area contributed by atoms with Gasteiger partial charge in [0.05, 0.1) is 11.6 Å². The predicted molar refractivity (Wildman–Crippen MR) is 61.6 cm³/mol. The zero-order valence-corrected chi connectivity index (χ0v) is 10.4. The molecule has 0 saturated heterocycles. The highest BCUT2D eigenvalue weighted by Gasteiger charge is 2.44. The van der Waals surface area contributed by atoms with Crippen molar-refractivity contribution in [3.8, 4) is 0 Å². The van der Waals surface area contributed by atoms with Crippen LogP contribution in [0.25, 0.3) is 0 Å². The molecule has 0 amide bonds. The van der Waals surface area contributed by atoms with E-state index in [1.165, 1.54) is 0 Å². The van der Waals surface area contributed by atoms with Crippen molar-refractivity contribution in [3.05, 3.63) is 29.6 Å². The molecule has 0 bridgehead atoms. The first-order valence-corrected chi connectivity index (χ1v) is 6.09. The van der Waals surface area contributed by atoms with E-state index >= 15 is 0 Å². The Kier molecular flexibility index (Phi) is 3.97. The lowest BCUT2D eigenvalue weighted by Crippen LogP contribution is -2.34. The second-order valence-electron chi connectivity index (χ2n) is 4.96.